The van der Waals surface area contributed by atoms with Crippen LogP contribution in [0.25, 0.3) is 11.4 Å². The van der Waals surface area contributed by atoms with Crippen molar-refractivity contribution in [2.45, 2.75) is 33.6 Å². The van der Waals surface area contributed by atoms with Crippen LogP contribution >= 0.6 is 0 Å². The number of nitrogens with one attached hydrogen (secondary N) is 1. The van der Waals surface area contributed by atoms with Crippen molar-refractivity contribution in [2.75, 3.05) is 19.0 Å². The Morgan fingerprint density at radius 2 is 1.90 bits per heavy atom. The molecule has 0 saturated carbocycles. The van der Waals surface area contributed by atoms with Gasteiger partial charge in [0.2, 0.25) is 0 Å². The Kier molecular flexibility index (Phi) is 5.14. The molecule has 0 aliphatic heterocycles. The zero-order valence-electron chi connectivity index (χ0n) is 13.2. The first-order valence-electron chi connectivity index (χ1n) is 7.46. The Hall–Kier alpha value is -2.10. The van der Waals surface area contributed by atoms with Gasteiger partial charge in [-0.1, -0.05) is 26.0 Å². The van der Waals surface area contributed by atoms with Gasteiger partial charge in [-0.05, 0) is 31.9 Å². The monoisotopic (exact) mass is 285 g/mol. The fourth-order valence-electron chi connectivity index (χ4n) is 2.27. The van der Waals surface area contributed by atoms with Crippen LogP contribution in [-0.4, -0.2) is 23.6 Å². The summed E-state index contributed by atoms with van der Waals surface area (Å²) >= 11 is 0. The van der Waals surface area contributed by atoms with Gasteiger partial charge in [0, 0.05) is 17.8 Å². The van der Waals surface area contributed by atoms with Crippen LogP contribution < -0.4 is 10.1 Å². The normalized spacial score (nSPS) is 10.5. The zero-order valence-corrected chi connectivity index (χ0v) is 13.2. The third kappa shape index (κ3) is 3.32. The predicted octanol–water partition coefficient (Wildman–Crippen LogP) is 3.84. The van der Waals surface area contributed by atoms with E-state index in [9.17, 15) is 0 Å². The maximum absolute atomic E-state index is 5.42. The maximum atomic E-state index is 5.42. The number of aryl methyl sites for hydroxylation is 1. The first-order valence-corrected chi connectivity index (χ1v) is 7.46. The fraction of sp³-hybridized carbons (Fsp3) is 0.412. The number of nitrogens with zero attached hydrogens (tertiary/aromatic N) is 2. The second-order valence-corrected chi connectivity index (χ2v) is 4.95. The lowest BCUT2D eigenvalue weighted by Gasteiger charge is -2.14. The van der Waals surface area contributed by atoms with Gasteiger partial charge in [-0.15, -0.1) is 0 Å². The van der Waals surface area contributed by atoms with Crippen LogP contribution in [-0.2, 0) is 6.42 Å². The molecule has 4 heteroatoms. The second kappa shape index (κ2) is 7.07. The molecular weight excluding hydrogens is 262 g/mol. The molecule has 1 N–H and O–H groups in total. The quantitative estimate of drug-likeness (QED) is 0.876. The van der Waals surface area contributed by atoms with Crippen molar-refractivity contribution in [2.24, 2.45) is 0 Å². The molecule has 1 heterocycles. The number of anilines is 1. The predicted molar refractivity (Wildman–Crippen MR) is 86.9 cm³/mol. The van der Waals surface area contributed by atoms with Crippen molar-refractivity contribution in [1.29, 1.82) is 0 Å². The minimum atomic E-state index is 0.716. The van der Waals surface area contributed by atoms with Crippen LogP contribution in [0.2, 0.25) is 0 Å². The zero-order chi connectivity index (χ0) is 15.2. The number of benzene rings is 1. The van der Waals surface area contributed by atoms with Crippen molar-refractivity contribution in [3.05, 3.63) is 35.5 Å². The van der Waals surface area contributed by atoms with Gasteiger partial charge in [0.05, 0.1) is 12.7 Å². The molecule has 0 spiro atoms. The van der Waals surface area contributed by atoms with Gasteiger partial charge in [0.25, 0.3) is 0 Å². The molecule has 1 aromatic heterocycles. The molecule has 1 aromatic carbocycles. The van der Waals surface area contributed by atoms with Gasteiger partial charge < -0.3 is 10.1 Å². The number of ether oxygens (including phenoxy) is 1. The summed E-state index contributed by atoms with van der Waals surface area (Å²) in [6.45, 7) is 7.24. The smallest absolute Gasteiger partial charge is 0.165 e. The number of aromatic nitrogens is 2. The van der Waals surface area contributed by atoms with Gasteiger partial charge in [-0.25, -0.2) is 9.97 Å². The topological polar surface area (TPSA) is 47.0 Å². The molecule has 2 rings (SSSR count). The Morgan fingerprint density at radius 1 is 1.14 bits per heavy atom. The van der Waals surface area contributed by atoms with E-state index in [0.717, 1.165) is 47.8 Å². The van der Waals surface area contributed by atoms with E-state index in [1.54, 1.807) is 7.11 Å². The van der Waals surface area contributed by atoms with E-state index in [0.29, 0.717) is 5.82 Å². The minimum Gasteiger partial charge on any atom is -0.496 e. The third-order valence-electron chi connectivity index (χ3n) is 3.47. The Balaban J connectivity index is 2.53. The summed E-state index contributed by atoms with van der Waals surface area (Å²) in [6.07, 6.45) is 1.95. The summed E-state index contributed by atoms with van der Waals surface area (Å²) in [5.41, 5.74) is 3.13. The summed E-state index contributed by atoms with van der Waals surface area (Å²) in [6, 6.07) is 7.86. The molecule has 0 radical (unpaired) electrons. The molecule has 112 valence electrons. The van der Waals surface area contributed by atoms with Crippen molar-refractivity contribution >= 4 is 5.82 Å². The third-order valence-corrected chi connectivity index (χ3v) is 3.47. The number of para-hydroxylation sites is 1. The van der Waals surface area contributed by atoms with E-state index >= 15 is 0 Å². The van der Waals surface area contributed by atoms with Crippen LogP contribution in [0.1, 0.15) is 31.5 Å². The highest BCUT2D eigenvalue weighted by Crippen LogP contribution is 2.29. The molecule has 21 heavy (non-hydrogen) atoms. The Labute approximate surface area is 126 Å². The van der Waals surface area contributed by atoms with Crippen molar-refractivity contribution < 1.29 is 4.74 Å². The molecule has 0 saturated heterocycles. The lowest BCUT2D eigenvalue weighted by Crippen LogP contribution is -2.09. The van der Waals surface area contributed by atoms with Gasteiger partial charge in [0.15, 0.2) is 5.82 Å². The Morgan fingerprint density at radius 3 is 2.57 bits per heavy atom. The molecular formula is C17H23N3O. The summed E-state index contributed by atoms with van der Waals surface area (Å²) in [5, 5.41) is 3.39. The van der Waals surface area contributed by atoms with Crippen molar-refractivity contribution in [3.63, 3.8) is 0 Å². The summed E-state index contributed by atoms with van der Waals surface area (Å²) in [7, 11) is 1.67. The summed E-state index contributed by atoms with van der Waals surface area (Å²) < 4.78 is 5.42. The lowest BCUT2D eigenvalue weighted by atomic mass is 10.1. The van der Waals surface area contributed by atoms with E-state index in [4.69, 9.17) is 14.7 Å². The number of methoxy groups -OCH3 is 1. The van der Waals surface area contributed by atoms with Gasteiger partial charge in [-0.2, -0.15) is 0 Å². The van der Waals surface area contributed by atoms with E-state index in [2.05, 4.69) is 26.1 Å². The molecule has 4 nitrogen and oxygen atoms in total. The van der Waals surface area contributed by atoms with Crippen LogP contribution in [0, 0.1) is 6.92 Å². The molecule has 0 amide bonds. The molecule has 0 atom stereocenters. The average molecular weight is 285 g/mol. The Bertz CT molecular complexity index is 611. The summed E-state index contributed by atoms with van der Waals surface area (Å²) in [4.78, 5) is 9.40. The fourth-order valence-corrected chi connectivity index (χ4v) is 2.27. The molecule has 0 aliphatic carbocycles. The second-order valence-electron chi connectivity index (χ2n) is 4.95. The van der Waals surface area contributed by atoms with Gasteiger partial charge in [0.1, 0.15) is 11.6 Å². The first-order chi connectivity index (χ1) is 10.2. The highest BCUT2D eigenvalue weighted by atomic mass is 16.5. The average Bonchev–Trinajstić information content (AvgIpc) is 2.53. The van der Waals surface area contributed by atoms with Crippen LogP contribution in [0.15, 0.2) is 24.3 Å². The molecule has 0 aliphatic rings. The van der Waals surface area contributed by atoms with Crippen LogP contribution in [0.4, 0.5) is 5.82 Å². The first kappa shape index (κ1) is 15.3. The largest absolute Gasteiger partial charge is 0.496 e. The van der Waals surface area contributed by atoms with Gasteiger partial charge in [-0.3, -0.25) is 0 Å². The highest BCUT2D eigenvalue weighted by Gasteiger charge is 2.13. The van der Waals surface area contributed by atoms with E-state index in [-0.39, 0.29) is 0 Å². The van der Waals surface area contributed by atoms with Crippen molar-refractivity contribution in [1.82, 2.24) is 9.97 Å². The van der Waals surface area contributed by atoms with E-state index in [1.807, 2.05) is 24.3 Å². The van der Waals surface area contributed by atoms with Crippen LogP contribution in [0.3, 0.4) is 0 Å². The maximum Gasteiger partial charge on any atom is 0.165 e. The molecule has 0 bridgehead atoms. The number of hydrogen-bond acceptors (Lipinski definition) is 4. The molecule has 0 unspecified atom stereocenters. The van der Waals surface area contributed by atoms with Crippen molar-refractivity contribution in [3.8, 4) is 17.1 Å². The summed E-state index contributed by atoms with van der Waals surface area (Å²) in [5.74, 6) is 2.43. The number of hydrogen-bond donors (Lipinski definition) is 1. The highest BCUT2D eigenvalue weighted by molar-refractivity contribution is 5.66. The standard InChI is InChI=1S/C17H23N3O/c1-5-11-18-16-12(3)14(6-2)19-17(20-16)13-9-7-8-10-15(13)21-4/h7-10H,5-6,11H2,1-4H3,(H,18,19,20). The SMILES string of the molecule is CCCNc1nc(-c2ccccc2OC)nc(CC)c1C. The minimum absolute atomic E-state index is 0.716. The van der Waals surface area contributed by atoms with E-state index < -0.39 is 0 Å². The van der Waals surface area contributed by atoms with Crippen LogP contribution in [0.5, 0.6) is 5.75 Å². The number of rotatable bonds is 6. The van der Waals surface area contributed by atoms with E-state index in [1.165, 1.54) is 0 Å². The molecule has 0 fully saturated rings. The lowest BCUT2D eigenvalue weighted by molar-refractivity contribution is 0.416. The molecule has 2 aromatic rings. The van der Waals surface area contributed by atoms with Gasteiger partial charge >= 0.3 is 0 Å².